The SMILES string of the molecule is COc1ccc([N+](=O)[O-])cc1/C=C1\SC(=O)N(Cc2ccc(Cl)cc2)C1=O. The number of non-ortho nitro benzene ring substituents is 1. The van der Waals surface area contributed by atoms with Crippen molar-refractivity contribution in [3.8, 4) is 5.75 Å². The molecular weight excluding hydrogens is 392 g/mol. The molecule has 3 rings (SSSR count). The third kappa shape index (κ3) is 4.12. The van der Waals surface area contributed by atoms with Crippen LogP contribution in [0.1, 0.15) is 11.1 Å². The molecule has 0 spiro atoms. The molecule has 0 atom stereocenters. The summed E-state index contributed by atoms with van der Waals surface area (Å²) in [5.74, 6) is -0.0985. The van der Waals surface area contributed by atoms with Crippen molar-refractivity contribution in [2.24, 2.45) is 0 Å². The summed E-state index contributed by atoms with van der Waals surface area (Å²) in [7, 11) is 1.42. The molecule has 0 radical (unpaired) electrons. The van der Waals surface area contributed by atoms with E-state index in [1.54, 1.807) is 24.3 Å². The number of carbonyl (C=O) groups excluding carboxylic acids is 2. The molecule has 9 heteroatoms. The first kappa shape index (κ1) is 18.9. The number of rotatable bonds is 5. The van der Waals surface area contributed by atoms with Crippen molar-refractivity contribution < 1.29 is 19.2 Å². The third-order valence-electron chi connectivity index (χ3n) is 3.84. The second-order valence-corrected chi connectivity index (χ2v) is 7.01. The Morgan fingerprint density at radius 3 is 2.56 bits per heavy atom. The van der Waals surface area contributed by atoms with Crippen molar-refractivity contribution in [3.63, 3.8) is 0 Å². The van der Waals surface area contributed by atoms with Crippen LogP contribution in [0, 0.1) is 10.1 Å². The van der Waals surface area contributed by atoms with Crippen LogP contribution >= 0.6 is 23.4 Å². The maximum absolute atomic E-state index is 12.6. The summed E-state index contributed by atoms with van der Waals surface area (Å²) in [5, 5.41) is 11.1. The molecule has 1 aliphatic rings. The summed E-state index contributed by atoms with van der Waals surface area (Å²) in [6, 6.07) is 10.9. The zero-order valence-corrected chi connectivity index (χ0v) is 15.6. The van der Waals surface area contributed by atoms with E-state index in [-0.39, 0.29) is 17.1 Å². The van der Waals surface area contributed by atoms with Crippen molar-refractivity contribution >= 4 is 46.3 Å². The van der Waals surface area contributed by atoms with Crippen molar-refractivity contribution in [1.29, 1.82) is 0 Å². The van der Waals surface area contributed by atoms with Gasteiger partial charge in [0.15, 0.2) is 0 Å². The molecule has 0 unspecified atom stereocenters. The van der Waals surface area contributed by atoms with E-state index >= 15 is 0 Å². The zero-order valence-electron chi connectivity index (χ0n) is 14.0. The number of amides is 2. The Labute approximate surface area is 163 Å². The highest BCUT2D eigenvalue weighted by Crippen LogP contribution is 2.35. The molecule has 27 heavy (non-hydrogen) atoms. The average Bonchev–Trinajstić information content (AvgIpc) is 2.90. The van der Waals surface area contributed by atoms with Gasteiger partial charge in [-0.25, -0.2) is 0 Å². The lowest BCUT2D eigenvalue weighted by molar-refractivity contribution is -0.384. The number of halogens is 1. The molecule has 2 amide bonds. The van der Waals surface area contributed by atoms with Gasteiger partial charge in [0.25, 0.3) is 16.8 Å². The molecule has 7 nitrogen and oxygen atoms in total. The minimum absolute atomic E-state index is 0.116. The van der Waals surface area contributed by atoms with Crippen LogP contribution in [0.3, 0.4) is 0 Å². The highest BCUT2D eigenvalue weighted by molar-refractivity contribution is 8.18. The number of hydrogen-bond acceptors (Lipinski definition) is 6. The maximum Gasteiger partial charge on any atom is 0.293 e. The fourth-order valence-electron chi connectivity index (χ4n) is 2.50. The number of thioether (sulfide) groups is 1. The molecule has 0 saturated carbocycles. The average molecular weight is 405 g/mol. The highest BCUT2D eigenvalue weighted by atomic mass is 35.5. The number of nitro benzene ring substituents is 1. The topological polar surface area (TPSA) is 89.8 Å². The molecule has 1 aliphatic heterocycles. The quantitative estimate of drug-likeness (QED) is 0.414. The van der Waals surface area contributed by atoms with Gasteiger partial charge < -0.3 is 4.74 Å². The molecule has 0 bridgehead atoms. The number of imide groups is 1. The molecule has 0 N–H and O–H groups in total. The molecule has 0 aromatic heterocycles. The van der Waals surface area contributed by atoms with Crippen LogP contribution < -0.4 is 4.74 Å². The Hall–Kier alpha value is -2.84. The van der Waals surface area contributed by atoms with Gasteiger partial charge in [-0.3, -0.25) is 24.6 Å². The van der Waals surface area contributed by atoms with Crippen molar-refractivity contribution in [3.05, 3.63) is 73.6 Å². The Bertz CT molecular complexity index is 959. The molecular formula is C18H13ClN2O5S. The van der Waals surface area contributed by atoms with E-state index in [2.05, 4.69) is 0 Å². The molecule has 2 aromatic rings. The van der Waals surface area contributed by atoms with Gasteiger partial charge in [0.1, 0.15) is 5.75 Å². The Morgan fingerprint density at radius 1 is 1.22 bits per heavy atom. The largest absolute Gasteiger partial charge is 0.496 e. The minimum atomic E-state index is -0.539. The first-order chi connectivity index (χ1) is 12.9. The van der Waals surface area contributed by atoms with E-state index in [9.17, 15) is 19.7 Å². The summed E-state index contributed by atoms with van der Waals surface area (Å²) in [6.45, 7) is 0.116. The number of nitro groups is 1. The van der Waals surface area contributed by atoms with E-state index in [0.29, 0.717) is 16.3 Å². The second kappa shape index (κ2) is 7.81. The van der Waals surface area contributed by atoms with Crippen LogP contribution in [-0.4, -0.2) is 28.1 Å². The standard InChI is InChI=1S/C18H13ClN2O5S/c1-26-15-7-6-14(21(24)25)8-12(15)9-16-17(22)20(18(23)27-16)10-11-2-4-13(19)5-3-11/h2-9H,10H2,1H3/b16-9-. The van der Waals surface area contributed by atoms with Crippen molar-refractivity contribution in [1.82, 2.24) is 4.90 Å². The third-order valence-corrected chi connectivity index (χ3v) is 5.00. The van der Waals surface area contributed by atoms with E-state index in [1.165, 1.54) is 31.4 Å². The van der Waals surface area contributed by atoms with Gasteiger partial charge in [-0.1, -0.05) is 23.7 Å². The lowest BCUT2D eigenvalue weighted by Gasteiger charge is -2.12. The summed E-state index contributed by atoms with van der Waals surface area (Å²) < 4.78 is 5.19. The molecule has 1 fully saturated rings. The molecule has 138 valence electrons. The first-order valence-electron chi connectivity index (χ1n) is 7.71. The number of hydrogen-bond donors (Lipinski definition) is 0. The van der Waals surface area contributed by atoms with Crippen molar-refractivity contribution in [2.45, 2.75) is 6.54 Å². The summed E-state index contributed by atoms with van der Waals surface area (Å²) in [5.41, 5.74) is 0.974. The lowest BCUT2D eigenvalue weighted by atomic mass is 10.1. The second-order valence-electron chi connectivity index (χ2n) is 5.58. The van der Waals surface area contributed by atoms with E-state index in [0.717, 1.165) is 22.2 Å². The van der Waals surface area contributed by atoms with E-state index in [4.69, 9.17) is 16.3 Å². The minimum Gasteiger partial charge on any atom is -0.496 e. The predicted molar refractivity (Wildman–Crippen MR) is 103 cm³/mol. The van der Waals surface area contributed by atoms with Crippen molar-refractivity contribution in [2.75, 3.05) is 7.11 Å². The van der Waals surface area contributed by atoms with Gasteiger partial charge in [0.2, 0.25) is 0 Å². The monoisotopic (exact) mass is 404 g/mol. The Kier molecular flexibility index (Phi) is 5.48. The Morgan fingerprint density at radius 2 is 1.93 bits per heavy atom. The molecule has 1 heterocycles. The normalized spacial score (nSPS) is 15.5. The molecule has 2 aromatic carbocycles. The van der Waals surface area contributed by atoms with Crippen LogP contribution in [0.15, 0.2) is 47.4 Å². The summed E-state index contributed by atoms with van der Waals surface area (Å²) in [4.78, 5) is 36.6. The molecule has 1 saturated heterocycles. The number of nitrogens with zero attached hydrogens (tertiary/aromatic N) is 2. The lowest BCUT2D eigenvalue weighted by Crippen LogP contribution is -2.27. The zero-order chi connectivity index (χ0) is 19.6. The summed E-state index contributed by atoms with van der Waals surface area (Å²) >= 11 is 6.62. The van der Waals surface area contributed by atoms with Crippen LogP contribution in [0.4, 0.5) is 10.5 Å². The number of methoxy groups -OCH3 is 1. The number of ether oxygens (including phenoxy) is 1. The first-order valence-corrected chi connectivity index (χ1v) is 8.90. The van der Waals surface area contributed by atoms with Gasteiger partial charge in [0.05, 0.1) is 23.5 Å². The van der Waals surface area contributed by atoms with Crippen LogP contribution in [0.5, 0.6) is 5.75 Å². The number of carbonyl (C=O) groups is 2. The fourth-order valence-corrected chi connectivity index (χ4v) is 3.45. The van der Waals surface area contributed by atoms with Gasteiger partial charge in [-0.15, -0.1) is 0 Å². The smallest absolute Gasteiger partial charge is 0.293 e. The van der Waals surface area contributed by atoms with Crippen LogP contribution in [0.25, 0.3) is 6.08 Å². The van der Waals surface area contributed by atoms with E-state index in [1.807, 2.05) is 0 Å². The fraction of sp³-hybridized carbons (Fsp3) is 0.111. The number of benzene rings is 2. The van der Waals surface area contributed by atoms with E-state index < -0.39 is 16.1 Å². The van der Waals surface area contributed by atoms with Gasteiger partial charge >= 0.3 is 0 Å². The summed E-state index contributed by atoms with van der Waals surface area (Å²) in [6.07, 6.45) is 1.43. The maximum atomic E-state index is 12.6. The van der Waals surface area contributed by atoms with Gasteiger partial charge in [-0.2, -0.15) is 0 Å². The van der Waals surface area contributed by atoms with Crippen LogP contribution in [-0.2, 0) is 11.3 Å². The predicted octanol–water partition coefficient (Wildman–Crippen LogP) is 4.49. The Balaban J connectivity index is 1.89. The van der Waals surface area contributed by atoms with Crippen LogP contribution in [0.2, 0.25) is 5.02 Å². The molecule has 0 aliphatic carbocycles. The van der Waals surface area contributed by atoms with Gasteiger partial charge in [0, 0.05) is 22.7 Å². The highest BCUT2D eigenvalue weighted by Gasteiger charge is 2.35. The van der Waals surface area contributed by atoms with Gasteiger partial charge in [-0.05, 0) is 41.6 Å².